The zero-order valence-electron chi connectivity index (χ0n) is 11.9. The maximum absolute atomic E-state index is 12.9. The van der Waals surface area contributed by atoms with E-state index in [4.69, 9.17) is 5.73 Å². The van der Waals surface area contributed by atoms with Crippen LogP contribution in [-0.2, 0) is 0 Å². The lowest BCUT2D eigenvalue weighted by Crippen LogP contribution is -2.45. The van der Waals surface area contributed by atoms with Crippen LogP contribution in [0.2, 0.25) is 0 Å². The molecule has 0 heterocycles. The molecule has 0 amide bonds. The highest BCUT2D eigenvalue weighted by Gasteiger charge is 2.23. The SMILES string of the molecule is CCCN(C(C)C)C(C)C(N)c1ccc(F)cc1. The largest absolute Gasteiger partial charge is 0.323 e. The third-order valence-electron chi connectivity index (χ3n) is 3.44. The van der Waals surface area contributed by atoms with Gasteiger partial charge in [0.15, 0.2) is 0 Å². The molecule has 0 radical (unpaired) electrons. The van der Waals surface area contributed by atoms with Gasteiger partial charge >= 0.3 is 0 Å². The van der Waals surface area contributed by atoms with Gasteiger partial charge in [-0.2, -0.15) is 0 Å². The van der Waals surface area contributed by atoms with Crippen molar-refractivity contribution in [1.29, 1.82) is 0 Å². The summed E-state index contributed by atoms with van der Waals surface area (Å²) < 4.78 is 12.9. The van der Waals surface area contributed by atoms with Gasteiger partial charge in [0.25, 0.3) is 0 Å². The van der Waals surface area contributed by atoms with Gasteiger partial charge in [0.2, 0.25) is 0 Å². The molecule has 0 bridgehead atoms. The van der Waals surface area contributed by atoms with Crippen molar-refractivity contribution in [2.24, 2.45) is 5.73 Å². The molecule has 2 nitrogen and oxygen atoms in total. The highest BCUT2D eigenvalue weighted by atomic mass is 19.1. The lowest BCUT2D eigenvalue weighted by atomic mass is 9.99. The van der Waals surface area contributed by atoms with Crippen LogP contribution in [0.25, 0.3) is 0 Å². The summed E-state index contributed by atoms with van der Waals surface area (Å²) in [5.74, 6) is -0.215. The first kappa shape index (κ1) is 15.1. The van der Waals surface area contributed by atoms with E-state index in [-0.39, 0.29) is 17.9 Å². The molecule has 0 aliphatic rings. The first-order chi connectivity index (χ1) is 8.47. The third kappa shape index (κ3) is 3.79. The molecule has 18 heavy (non-hydrogen) atoms. The molecule has 1 rings (SSSR count). The van der Waals surface area contributed by atoms with Crippen molar-refractivity contribution in [3.63, 3.8) is 0 Å². The molecule has 0 aromatic heterocycles. The van der Waals surface area contributed by atoms with E-state index in [1.54, 1.807) is 12.1 Å². The van der Waals surface area contributed by atoms with Crippen LogP contribution in [0, 0.1) is 5.82 Å². The molecule has 0 aliphatic carbocycles. The molecular formula is C15H25FN2. The minimum absolute atomic E-state index is 0.0838. The Bertz CT molecular complexity index is 348. The van der Waals surface area contributed by atoms with Crippen molar-refractivity contribution in [3.8, 4) is 0 Å². The second-order valence-corrected chi connectivity index (χ2v) is 5.15. The van der Waals surface area contributed by atoms with Crippen LogP contribution >= 0.6 is 0 Å². The van der Waals surface area contributed by atoms with Crippen LogP contribution in [0.5, 0.6) is 0 Å². The van der Waals surface area contributed by atoms with Crippen LogP contribution < -0.4 is 5.73 Å². The van der Waals surface area contributed by atoms with Crippen LogP contribution in [0.15, 0.2) is 24.3 Å². The molecule has 0 fully saturated rings. The van der Waals surface area contributed by atoms with Gasteiger partial charge in [0.1, 0.15) is 5.82 Å². The minimum Gasteiger partial charge on any atom is -0.323 e. The quantitative estimate of drug-likeness (QED) is 0.841. The van der Waals surface area contributed by atoms with Crippen LogP contribution in [-0.4, -0.2) is 23.5 Å². The predicted molar refractivity (Wildman–Crippen MR) is 74.9 cm³/mol. The number of hydrogen-bond acceptors (Lipinski definition) is 2. The second-order valence-electron chi connectivity index (χ2n) is 5.15. The molecule has 0 saturated carbocycles. The van der Waals surface area contributed by atoms with Gasteiger partial charge < -0.3 is 5.73 Å². The van der Waals surface area contributed by atoms with E-state index in [0.717, 1.165) is 18.5 Å². The van der Waals surface area contributed by atoms with Crippen LogP contribution in [0.3, 0.4) is 0 Å². The lowest BCUT2D eigenvalue weighted by Gasteiger charge is -2.36. The van der Waals surface area contributed by atoms with Gasteiger partial charge in [-0.1, -0.05) is 19.1 Å². The van der Waals surface area contributed by atoms with Crippen molar-refractivity contribution in [3.05, 3.63) is 35.6 Å². The Morgan fingerprint density at radius 1 is 1.17 bits per heavy atom. The number of benzene rings is 1. The topological polar surface area (TPSA) is 29.3 Å². The summed E-state index contributed by atoms with van der Waals surface area (Å²) in [5, 5.41) is 0. The Kier molecular flexibility index (Phi) is 5.76. The van der Waals surface area contributed by atoms with Gasteiger partial charge in [-0.05, 0) is 51.4 Å². The van der Waals surface area contributed by atoms with Crippen molar-refractivity contribution < 1.29 is 4.39 Å². The van der Waals surface area contributed by atoms with Crippen LogP contribution in [0.1, 0.15) is 45.7 Å². The van der Waals surface area contributed by atoms with Gasteiger partial charge in [-0.25, -0.2) is 4.39 Å². The average Bonchev–Trinajstić information content (AvgIpc) is 2.35. The van der Waals surface area contributed by atoms with E-state index in [1.165, 1.54) is 12.1 Å². The van der Waals surface area contributed by atoms with Gasteiger partial charge in [-0.15, -0.1) is 0 Å². The van der Waals surface area contributed by atoms with E-state index in [2.05, 4.69) is 32.6 Å². The summed E-state index contributed by atoms with van der Waals surface area (Å²) in [6.45, 7) is 9.72. The highest BCUT2D eigenvalue weighted by Crippen LogP contribution is 2.20. The van der Waals surface area contributed by atoms with E-state index in [1.807, 2.05) is 0 Å². The van der Waals surface area contributed by atoms with Gasteiger partial charge in [-0.3, -0.25) is 4.90 Å². The van der Waals surface area contributed by atoms with E-state index >= 15 is 0 Å². The van der Waals surface area contributed by atoms with E-state index in [0.29, 0.717) is 6.04 Å². The van der Waals surface area contributed by atoms with Gasteiger partial charge in [0, 0.05) is 18.1 Å². The molecule has 3 heteroatoms. The highest BCUT2D eigenvalue weighted by molar-refractivity contribution is 5.21. The zero-order valence-corrected chi connectivity index (χ0v) is 11.9. The number of rotatable bonds is 6. The van der Waals surface area contributed by atoms with Crippen molar-refractivity contribution in [2.75, 3.05) is 6.54 Å². The molecule has 2 atom stereocenters. The first-order valence-electron chi connectivity index (χ1n) is 6.74. The Morgan fingerprint density at radius 2 is 1.72 bits per heavy atom. The number of nitrogens with zero attached hydrogens (tertiary/aromatic N) is 1. The number of nitrogens with two attached hydrogens (primary N) is 1. The fraction of sp³-hybridized carbons (Fsp3) is 0.600. The molecule has 2 N–H and O–H groups in total. The Morgan fingerprint density at radius 3 is 2.17 bits per heavy atom. The second kappa shape index (κ2) is 6.86. The van der Waals surface area contributed by atoms with E-state index < -0.39 is 0 Å². The number of halogens is 1. The van der Waals surface area contributed by atoms with Crippen molar-refractivity contribution >= 4 is 0 Å². The summed E-state index contributed by atoms with van der Waals surface area (Å²) in [5.41, 5.74) is 7.28. The molecule has 0 spiro atoms. The van der Waals surface area contributed by atoms with Crippen molar-refractivity contribution in [1.82, 2.24) is 4.90 Å². The monoisotopic (exact) mass is 252 g/mol. The van der Waals surface area contributed by atoms with Crippen molar-refractivity contribution in [2.45, 2.75) is 52.2 Å². The molecule has 1 aromatic rings. The summed E-state index contributed by atoms with van der Waals surface area (Å²) in [7, 11) is 0. The lowest BCUT2D eigenvalue weighted by molar-refractivity contribution is 0.143. The summed E-state index contributed by atoms with van der Waals surface area (Å²) >= 11 is 0. The molecule has 0 aliphatic heterocycles. The Labute approximate surface area is 110 Å². The maximum atomic E-state index is 12.9. The molecule has 102 valence electrons. The smallest absolute Gasteiger partial charge is 0.123 e. The maximum Gasteiger partial charge on any atom is 0.123 e. The predicted octanol–water partition coefficient (Wildman–Crippen LogP) is 3.33. The summed E-state index contributed by atoms with van der Waals surface area (Å²) in [6, 6.07) is 7.13. The minimum atomic E-state index is -0.215. The third-order valence-corrected chi connectivity index (χ3v) is 3.44. The normalized spacial score (nSPS) is 15.1. The van der Waals surface area contributed by atoms with Crippen LogP contribution in [0.4, 0.5) is 4.39 Å². The molecule has 2 unspecified atom stereocenters. The fourth-order valence-electron chi connectivity index (χ4n) is 2.36. The summed E-state index contributed by atoms with van der Waals surface area (Å²) in [6.07, 6.45) is 1.11. The summed E-state index contributed by atoms with van der Waals surface area (Å²) in [4.78, 5) is 2.40. The molecule has 0 saturated heterocycles. The first-order valence-corrected chi connectivity index (χ1v) is 6.74. The van der Waals surface area contributed by atoms with E-state index in [9.17, 15) is 4.39 Å². The zero-order chi connectivity index (χ0) is 13.7. The molecular weight excluding hydrogens is 227 g/mol. The average molecular weight is 252 g/mol. The Balaban J connectivity index is 2.80. The Hall–Kier alpha value is -0.930. The fourth-order valence-corrected chi connectivity index (χ4v) is 2.36. The molecule has 1 aromatic carbocycles. The van der Waals surface area contributed by atoms with Gasteiger partial charge in [0.05, 0.1) is 0 Å². The standard InChI is InChI=1S/C15H25FN2/c1-5-10-18(11(2)3)12(4)15(17)13-6-8-14(16)9-7-13/h6-9,11-12,15H,5,10,17H2,1-4H3. The number of hydrogen-bond donors (Lipinski definition) is 1.